The molecule has 0 saturated heterocycles. The molecular formula is C21H43NaO4S. The number of unbranched alkanes of at least 4 members (excludes halogenated alkanes) is 11. The van der Waals surface area contributed by atoms with Crippen LogP contribution in [-0.2, 0) is 10.1 Å². The van der Waals surface area contributed by atoms with Gasteiger partial charge in [-0.2, -0.15) is 0 Å². The van der Waals surface area contributed by atoms with Gasteiger partial charge in [-0.3, -0.25) is 0 Å². The van der Waals surface area contributed by atoms with E-state index in [0.717, 1.165) is 51.4 Å². The molecule has 0 radical (unpaired) electrons. The Morgan fingerprint density at radius 2 is 1.07 bits per heavy atom. The van der Waals surface area contributed by atoms with Crippen molar-refractivity contribution >= 4 is 10.1 Å². The third-order valence-electron chi connectivity index (χ3n) is 5.32. The van der Waals surface area contributed by atoms with Gasteiger partial charge in [0.15, 0.2) is 0 Å². The van der Waals surface area contributed by atoms with Crippen molar-refractivity contribution in [1.29, 1.82) is 0 Å². The molecule has 0 aromatic heterocycles. The summed E-state index contributed by atoms with van der Waals surface area (Å²) in [5.74, 6) is 0. The van der Waals surface area contributed by atoms with Crippen LogP contribution in [0.2, 0.25) is 0 Å². The number of hydrogen-bond acceptors (Lipinski definition) is 4. The molecular weight excluding hydrogens is 371 g/mol. The Labute approximate surface area is 191 Å². The van der Waals surface area contributed by atoms with Crippen LogP contribution in [0, 0.1) is 0 Å². The van der Waals surface area contributed by atoms with Gasteiger partial charge in [0, 0.05) is 5.25 Å². The Kier molecular flexibility index (Phi) is 22.4. The summed E-state index contributed by atoms with van der Waals surface area (Å²) in [6.45, 7) is 4.00. The van der Waals surface area contributed by atoms with Gasteiger partial charge in [0.2, 0.25) is 0 Å². The van der Waals surface area contributed by atoms with Crippen LogP contribution in [0.25, 0.3) is 0 Å². The maximum absolute atomic E-state index is 11.0. The summed E-state index contributed by atoms with van der Waals surface area (Å²) in [4.78, 5) is 0. The van der Waals surface area contributed by atoms with Crippen molar-refractivity contribution in [1.82, 2.24) is 0 Å². The van der Waals surface area contributed by atoms with Crippen molar-refractivity contribution in [3.05, 3.63) is 0 Å². The van der Waals surface area contributed by atoms with Crippen LogP contribution in [-0.4, -0.2) is 29.4 Å². The van der Waals surface area contributed by atoms with Crippen molar-refractivity contribution < 1.29 is 47.6 Å². The molecule has 0 rings (SSSR count). The molecule has 0 amide bonds. The van der Waals surface area contributed by atoms with Crippen LogP contribution >= 0.6 is 0 Å². The van der Waals surface area contributed by atoms with Gasteiger partial charge >= 0.3 is 29.6 Å². The first-order valence-electron chi connectivity index (χ1n) is 11.0. The molecule has 6 heteroatoms. The Balaban J connectivity index is 0. The zero-order valence-electron chi connectivity index (χ0n) is 18.3. The van der Waals surface area contributed by atoms with E-state index in [0.29, 0.717) is 12.8 Å². The molecule has 27 heavy (non-hydrogen) atoms. The van der Waals surface area contributed by atoms with E-state index in [4.69, 9.17) is 0 Å². The zero-order valence-corrected chi connectivity index (χ0v) is 21.1. The largest absolute Gasteiger partial charge is 1.00 e. The first-order valence-corrected chi connectivity index (χ1v) is 12.5. The van der Waals surface area contributed by atoms with Crippen molar-refractivity contribution in [3.8, 4) is 0 Å². The summed E-state index contributed by atoms with van der Waals surface area (Å²) in [5, 5.41) is 9.31. The maximum Gasteiger partial charge on any atom is 1.00 e. The normalized spacial score (nSPS) is 13.9. The average Bonchev–Trinajstić information content (AvgIpc) is 2.58. The van der Waals surface area contributed by atoms with Crippen LogP contribution < -0.4 is 29.6 Å². The third-order valence-corrected chi connectivity index (χ3v) is 6.70. The maximum atomic E-state index is 11.0. The van der Waals surface area contributed by atoms with Gasteiger partial charge in [-0.05, 0) is 25.7 Å². The predicted molar refractivity (Wildman–Crippen MR) is 109 cm³/mol. The van der Waals surface area contributed by atoms with E-state index in [9.17, 15) is 18.1 Å². The summed E-state index contributed by atoms with van der Waals surface area (Å²) >= 11 is 0. The Bertz CT molecular complexity index is 401. The molecule has 1 N–H and O–H groups in total. The minimum absolute atomic E-state index is 0. The molecule has 0 heterocycles. The van der Waals surface area contributed by atoms with Crippen molar-refractivity contribution in [2.24, 2.45) is 0 Å². The fourth-order valence-electron chi connectivity index (χ4n) is 3.49. The predicted octanol–water partition coefficient (Wildman–Crippen LogP) is 2.94. The van der Waals surface area contributed by atoms with Crippen LogP contribution in [0.4, 0.5) is 0 Å². The van der Waals surface area contributed by atoms with Gasteiger partial charge in [-0.1, -0.05) is 97.3 Å². The van der Waals surface area contributed by atoms with Gasteiger partial charge in [-0.25, -0.2) is 8.42 Å². The Hall–Kier alpha value is 0.870. The second-order valence-corrected chi connectivity index (χ2v) is 9.44. The number of hydrogen-bond donors (Lipinski definition) is 1. The van der Waals surface area contributed by atoms with Gasteiger partial charge in [0.1, 0.15) is 0 Å². The summed E-state index contributed by atoms with van der Waals surface area (Å²) < 4.78 is 33.0. The van der Waals surface area contributed by atoms with E-state index in [1.165, 1.54) is 44.9 Å². The number of aliphatic hydroxyl groups excluding tert-OH is 1. The number of aliphatic hydroxyl groups is 1. The van der Waals surface area contributed by atoms with Crippen LogP contribution in [0.3, 0.4) is 0 Å². The standard InChI is InChI=1S/C21H44O4S.Na/c1-3-5-6-7-8-9-11-14-17-20(22)18-15-12-10-13-16-19-21(4-2)26(23,24)25;/h20-22H,3-19H2,1-2H3,(H,23,24,25);/q;+1/p-1. The SMILES string of the molecule is CCCCCCCCCCC(O)CCCCCCCC(CC)S(=O)(=O)[O-].[Na+]. The second-order valence-electron chi connectivity index (χ2n) is 7.79. The second kappa shape index (κ2) is 20.2. The quantitative estimate of drug-likeness (QED) is 0.200. The van der Waals surface area contributed by atoms with Gasteiger partial charge < -0.3 is 9.66 Å². The monoisotopic (exact) mass is 414 g/mol. The zero-order chi connectivity index (χ0) is 19.7. The van der Waals surface area contributed by atoms with E-state index in [1.807, 2.05) is 0 Å². The van der Waals surface area contributed by atoms with Crippen LogP contribution in [0.5, 0.6) is 0 Å². The van der Waals surface area contributed by atoms with Gasteiger partial charge in [0.05, 0.1) is 16.2 Å². The minimum Gasteiger partial charge on any atom is -0.748 e. The average molecular weight is 415 g/mol. The molecule has 4 nitrogen and oxygen atoms in total. The summed E-state index contributed by atoms with van der Waals surface area (Å²) in [7, 11) is -4.13. The van der Waals surface area contributed by atoms with Crippen molar-refractivity contribution in [2.75, 3.05) is 0 Å². The molecule has 0 aliphatic rings. The van der Waals surface area contributed by atoms with Crippen LogP contribution in [0.1, 0.15) is 123 Å². The molecule has 0 bridgehead atoms. The Morgan fingerprint density at radius 3 is 1.44 bits per heavy atom. The van der Waals surface area contributed by atoms with Crippen LogP contribution in [0.15, 0.2) is 0 Å². The summed E-state index contributed by atoms with van der Waals surface area (Å²) in [5.41, 5.74) is 0. The molecule has 0 aromatic rings. The van der Waals surface area contributed by atoms with E-state index in [1.54, 1.807) is 6.92 Å². The van der Waals surface area contributed by atoms with Gasteiger partial charge in [-0.15, -0.1) is 0 Å². The van der Waals surface area contributed by atoms with Crippen molar-refractivity contribution in [2.45, 2.75) is 134 Å². The summed E-state index contributed by atoms with van der Waals surface area (Å²) in [6, 6.07) is 0. The van der Waals surface area contributed by atoms with Crippen molar-refractivity contribution in [3.63, 3.8) is 0 Å². The molecule has 0 aromatic carbocycles. The van der Waals surface area contributed by atoms with E-state index < -0.39 is 15.4 Å². The summed E-state index contributed by atoms with van der Waals surface area (Å²) in [6.07, 6.45) is 17.9. The molecule has 0 saturated carbocycles. The first-order chi connectivity index (χ1) is 12.4. The first kappa shape index (κ1) is 30.1. The fraction of sp³-hybridized carbons (Fsp3) is 1.00. The molecule has 0 fully saturated rings. The van der Waals surface area contributed by atoms with E-state index in [2.05, 4.69) is 6.92 Å². The van der Waals surface area contributed by atoms with E-state index >= 15 is 0 Å². The smallest absolute Gasteiger partial charge is 0.748 e. The molecule has 0 aliphatic heterocycles. The topological polar surface area (TPSA) is 77.4 Å². The minimum atomic E-state index is -4.13. The fourth-order valence-corrected chi connectivity index (χ4v) is 4.36. The Morgan fingerprint density at radius 1 is 0.704 bits per heavy atom. The number of rotatable bonds is 19. The molecule has 2 atom stereocenters. The molecule has 158 valence electrons. The van der Waals surface area contributed by atoms with Gasteiger partial charge in [0.25, 0.3) is 0 Å². The molecule has 2 unspecified atom stereocenters. The van der Waals surface area contributed by atoms with E-state index in [-0.39, 0.29) is 35.7 Å². The molecule has 0 aliphatic carbocycles. The third kappa shape index (κ3) is 19.9. The molecule has 0 spiro atoms.